The molecule has 0 unspecified atom stereocenters. The second kappa shape index (κ2) is 10.1. The number of ether oxygens (including phenoxy) is 1. The highest BCUT2D eigenvalue weighted by atomic mass is 16.5. The highest BCUT2D eigenvalue weighted by molar-refractivity contribution is 5.73. The van der Waals surface area contributed by atoms with Crippen molar-refractivity contribution >= 4 is 11.8 Å². The zero-order valence-corrected chi connectivity index (χ0v) is 17.4. The number of pyridine rings is 2. The van der Waals surface area contributed by atoms with Gasteiger partial charge in [-0.2, -0.15) is 0 Å². The Hall–Kier alpha value is -2.87. The SMILES string of the molecule is CC(C)Oc1ncccc1CNC(=O)NCc1ccnc(N2CCN(C)CC2)c1. The standard InChI is InChI=1S/C21H30N6O2/c1-16(2)29-20-18(5-4-7-23-20)15-25-21(28)24-14-17-6-8-22-19(13-17)27-11-9-26(3)10-12-27/h4-8,13,16H,9-12,14-15H2,1-3H3,(H2,24,25,28). The minimum atomic E-state index is -0.234. The summed E-state index contributed by atoms with van der Waals surface area (Å²) in [4.78, 5) is 25.5. The van der Waals surface area contributed by atoms with Crippen LogP contribution in [0.5, 0.6) is 5.88 Å². The average Bonchev–Trinajstić information content (AvgIpc) is 2.72. The summed E-state index contributed by atoms with van der Waals surface area (Å²) in [7, 11) is 2.13. The first-order valence-electron chi connectivity index (χ1n) is 10.0. The van der Waals surface area contributed by atoms with Crippen LogP contribution in [0.25, 0.3) is 0 Å². The van der Waals surface area contributed by atoms with Gasteiger partial charge < -0.3 is 25.2 Å². The van der Waals surface area contributed by atoms with Gasteiger partial charge in [-0.25, -0.2) is 14.8 Å². The number of likely N-dealkylation sites (N-methyl/N-ethyl adjacent to an activating group) is 1. The van der Waals surface area contributed by atoms with Crippen molar-refractivity contribution in [2.75, 3.05) is 38.1 Å². The van der Waals surface area contributed by atoms with E-state index in [1.165, 1.54) is 0 Å². The molecule has 1 aliphatic heterocycles. The Morgan fingerprint density at radius 1 is 1.10 bits per heavy atom. The van der Waals surface area contributed by atoms with E-state index >= 15 is 0 Å². The van der Waals surface area contributed by atoms with E-state index in [1.54, 1.807) is 12.4 Å². The molecule has 0 saturated carbocycles. The topological polar surface area (TPSA) is 82.6 Å². The summed E-state index contributed by atoms with van der Waals surface area (Å²) >= 11 is 0. The number of aromatic nitrogens is 2. The largest absolute Gasteiger partial charge is 0.475 e. The molecule has 2 aromatic heterocycles. The molecule has 1 saturated heterocycles. The van der Waals surface area contributed by atoms with Crippen LogP contribution in [0.4, 0.5) is 10.6 Å². The molecule has 0 aromatic carbocycles. The van der Waals surface area contributed by atoms with Gasteiger partial charge in [0.15, 0.2) is 0 Å². The summed E-state index contributed by atoms with van der Waals surface area (Å²) < 4.78 is 5.69. The fourth-order valence-corrected chi connectivity index (χ4v) is 3.09. The molecular weight excluding hydrogens is 368 g/mol. The number of piperazine rings is 1. The molecule has 0 spiro atoms. The Morgan fingerprint density at radius 2 is 1.86 bits per heavy atom. The Bertz CT molecular complexity index is 805. The summed E-state index contributed by atoms with van der Waals surface area (Å²) in [5.41, 5.74) is 1.87. The van der Waals surface area contributed by atoms with Crippen LogP contribution in [0.1, 0.15) is 25.0 Å². The lowest BCUT2D eigenvalue weighted by Crippen LogP contribution is -2.44. The summed E-state index contributed by atoms with van der Waals surface area (Å²) in [5.74, 6) is 1.51. The van der Waals surface area contributed by atoms with E-state index in [-0.39, 0.29) is 12.1 Å². The van der Waals surface area contributed by atoms with Crippen LogP contribution in [-0.2, 0) is 13.1 Å². The molecule has 0 atom stereocenters. The molecule has 0 aliphatic carbocycles. The Kier molecular flexibility index (Phi) is 7.24. The summed E-state index contributed by atoms with van der Waals surface area (Å²) in [6.45, 7) is 8.68. The lowest BCUT2D eigenvalue weighted by atomic mass is 10.2. The fraction of sp³-hybridized carbons (Fsp3) is 0.476. The first kappa shape index (κ1) is 20.9. The van der Waals surface area contributed by atoms with Crippen molar-refractivity contribution in [3.05, 3.63) is 47.8 Å². The van der Waals surface area contributed by atoms with Gasteiger partial charge in [0.1, 0.15) is 5.82 Å². The molecule has 2 aromatic rings. The second-order valence-electron chi connectivity index (χ2n) is 7.48. The van der Waals surface area contributed by atoms with Crippen molar-refractivity contribution in [2.24, 2.45) is 0 Å². The zero-order chi connectivity index (χ0) is 20.6. The van der Waals surface area contributed by atoms with E-state index in [2.05, 4.69) is 37.4 Å². The molecule has 1 aliphatic rings. The number of urea groups is 1. The monoisotopic (exact) mass is 398 g/mol. The van der Waals surface area contributed by atoms with Crippen LogP contribution in [0.15, 0.2) is 36.7 Å². The summed E-state index contributed by atoms with van der Waals surface area (Å²) in [6, 6.07) is 7.47. The number of carbonyl (C=O) groups is 1. The van der Waals surface area contributed by atoms with Crippen LogP contribution < -0.4 is 20.3 Å². The van der Waals surface area contributed by atoms with Gasteiger partial charge in [0.25, 0.3) is 0 Å². The van der Waals surface area contributed by atoms with Crippen LogP contribution in [0, 0.1) is 0 Å². The number of nitrogens with one attached hydrogen (secondary N) is 2. The van der Waals surface area contributed by atoms with Crippen molar-refractivity contribution in [1.82, 2.24) is 25.5 Å². The molecule has 2 amide bonds. The van der Waals surface area contributed by atoms with E-state index in [9.17, 15) is 4.79 Å². The van der Waals surface area contributed by atoms with Gasteiger partial charge in [-0.3, -0.25) is 0 Å². The molecular formula is C21H30N6O2. The smallest absolute Gasteiger partial charge is 0.315 e. The Labute approximate surface area is 172 Å². The minimum absolute atomic E-state index is 0.0265. The molecule has 3 heterocycles. The predicted octanol–water partition coefficient (Wildman–Crippen LogP) is 2.02. The highest BCUT2D eigenvalue weighted by Gasteiger charge is 2.15. The van der Waals surface area contributed by atoms with Crippen molar-refractivity contribution in [2.45, 2.75) is 33.0 Å². The van der Waals surface area contributed by atoms with E-state index in [0.717, 1.165) is 43.1 Å². The van der Waals surface area contributed by atoms with Gasteiger partial charge in [0, 0.05) is 57.2 Å². The van der Waals surface area contributed by atoms with Gasteiger partial charge in [0.05, 0.1) is 6.10 Å². The molecule has 1 fully saturated rings. The van der Waals surface area contributed by atoms with E-state index < -0.39 is 0 Å². The van der Waals surface area contributed by atoms with Gasteiger partial charge in [-0.1, -0.05) is 6.07 Å². The van der Waals surface area contributed by atoms with E-state index in [1.807, 2.05) is 38.1 Å². The number of amides is 2. The zero-order valence-electron chi connectivity index (χ0n) is 17.4. The van der Waals surface area contributed by atoms with Crippen LogP contribution in [-0.4, -0.2) is 60.2 Å². The second-order valence-corrected chi connectivity index (χ2v) is 7.48. The third-order valence-electron chi connectivity index (χ3n) is 4.73. The Morgan fingerprint density at radius 3 is 2.62 bits per heavy atom. The quantitative estimate of drug-likeness (QED) is 0.743. The molecule has 0 bridgehead atoms. The summed E-state index contributed by atoms with van der Waals surface area (Å²) in [6.07, 6.45) is 3.51. The third-order valence-corrected chi connectivity index (χ3v) is 4.73. The molecule has 29 heavy (non-hydrogen) atoms. The predicted molar refractivity (Wildman–Crippen MR) is 113 cm³/mol. The minimum Gasteiger partial charge on any atom is -0.475 e. The lowest BCUT2D eigenvalue weighted by Gasteiger charge is -2.33. The van der Waals surface area contributed by atoms with Gasteiger partial charge >= 0.3 is 6.03 Å². The number of anilines is 1. The number of rotatable bonds is 7. The Balaban J connectivity index is 1.49. The van der Waals surface area contributed by atoms with Crippen molar-refractivity contribution < 1.29 is 9.53 Å². The maximum Gasteiger partial charge on any atom is 0.315 e. The molecule has 8 nitrogen and oxygen atoms in total. The lowest BCUT2D eigenvalue weighted by molar-refractivity contribution is 0.228. The number of nitrogens with zero attached hydrogens (tertiary/aromatic N) is 4. The van der Waals surface area contributed by atoms with E-state index in [4.69, 9.17) is 4.74 Å². The van der Waals surface area contributed by atoms with Crippen molar-refractivity contribution in [1.29, 1.82) is 0 Å². The summed E-state index contributed by atoms with van der Waals surface area (Å²) in [5, 5.41) is 5.76. The molecule has 2 N–H and O–H groups in total. The number of carbonyl (C=O) groups excluding carboxylic acids is 1. The van der Waals surface area contributed by atoms with Crippen LogP contribution >= 0.6 is 0 Å². The first-order chi connectivity index (χ1) is 14.0. The van der Waals surface area contributed by atoms with Crippen molar-refractivity contribution in [3.63, 3.8) is 0 Å². The molecule has 0 radical (unpaired) electrons. The maximum absolute atomic E-state index is 12.2. The van der Waals surface area contributed by atoms with Gasteiger partial charge in [-0.15, -0.1) is 0 Å². The average molecular weight is 399 g/mol. The fourth-order valence-electron chi connectivity index (χ4n) is 3.09. The molecule has 3 rings (SSSR count). The molecule has 8 heteroatoms. The molecule has 156 valence electrons. The van der Waals surface area contributed by atoms with Crippen LogP contribution in [0.3, 0.4) is 0 Å². The first-order valence-corrected chi connectivity index (χ1v) is 10.0. The van der Waals surface area contributed by atoms with E-state index in [0.29, 0.717) is 19.0 Å². The van der Waals surface area contributed by atoms with Gasteiger partial charge in [-0.05, 0) is 44.7 Å². The normalized spacial score (nSPS) is 14.7. The third kappa shape index (κ3) is 6.32. The van der Waals surface area contributed by atoms with Crippen molar-refractivity contribution in [3.8, 4) is 5.88 Å². The maximum atomic E-state index is 12.2. The van der Waals surface area contributed by atoms with Gasteiger partial charge in [0.2, 0.25) is 5.88 Å². The number of hydrogen-bond donors (Lipinski definition) is 2. The highest BCUT2D eigenvalue weighted by Crippen LogP contribution is 2.16. The number of hydrogen-bond acceptors (Lipinski definition) is 6. The van der Waals surface area contributed by atoms with Crippen LogP contribution in [0.2, 0.25) is 0 Å².